The topological polar surface area (TPSA) is 27.0 Å². The van der Waals surface area contributed by atoms with E-state index in [0.29, 0.717) is 25.1 Å². The normalized spacial score (nSPS) is 11.0. The summed E-state index contributed by atoms with van der Waals surface area (Å²) in [5.41, 5.74) is 1.65. The summed E-state index contributed by atoms with van der Waals surface area (Å²) in [5.74, 6) is -1.18. The Morgan fingerprint density at radius 1 is 1.04 bits per heavy atom. The Kier molecular flexibility index (Phi) is 6.46. The van der Waals surface area contributed by atoms with Crippen molar-refractivity contribution in [2.45, 2.75) is 13.0 Å². The highest BCUT2D eigenvalue weighted by atomic mass is 19.1. The molecule has 0 aliphatic carbocycles. The highest BCUT2D eigenvalue weighted by molar-refractivity contribution is 5.49. The predicted molar refractivity (Wildman–Crippen MR) is 87.3 cm³/mol. The summed E-state index contributed by atoms with van der Waals surface area (Å²) in [6, 6.07) is 15.5. The molecule has 0 spiro atoms. The van der Waals surface area contributed by atoms with Gasteiger partial charge in [-0.15, -0.1) is 0 Å². The molecule has 2 aromatic rings. The third-order valence-electron chi connectivity index (χ3n) is 3.35. The summed E-state index contributed by atoms with van der Waals surface area (Å²) in [6.45, 7) is 1.98. The molecule has 2 rings (SSSR count). The van der Waals surface area contributed by atoms with E-state index in [1.807, 2.05) is 36.4 Å². The van der Waals surface area contributed by atoms with E-state index in [-0.39, 0.29) is 0 Å². The summed E-state index contributed by atoms with van der Waals surface area (Å²) in [5, 5.41) is 8.77. The predicted octanol–water partition coefficient (Wildman–Crippen LogP) is 4.39. The van der Waals surface area contributed by atoms with E-state index in [4.69, 9.17) is 5.26 Å². The molecule has 2 nitrogen and oxygen atoms in total. The lowest BCUT2D eigenvalue weighted by atomic mass is 10.2. The van der Waals surface area contributed by atoms with Crippen LogP contribution in [0.15, 0.2) is 54.6 Å². The quantitative estimate of drug-likeness (QED) is 0.758. The summed E-state index contributed by atoms with van der Waals surface area (Å²) in [7, 11) is 0. The molecule has 0 heterocycles. The molecular formula is C19H18F2N2. The van der Waals surface area contributed by atoms with Crippen molar-refractivity contribution in [3.8, 4) is 6.07 Å². The Balaban J connectivity index is 1.99. The summed E-state index contributed by atoms with van der Waals surface area (Å²) in [6.07, 6.45) is 3.99. The number of nitrogens with zero attached hydrogens (tertiary/aromatic N) is 2. The van der Waals surface area contributed by atoms with Crippen LogP contribution in [0, 0.1) is 23.0 Å². The maximum atomic E-state index is 13.1. The van der Waals surface area contributed by atoms with Crippen LogP contribution < -0.4 is 0 Å². The van der Waals surface area contributed by atoms with Gasteiger partial charge in [0.05, 0.1) is 6.07 Å². The number of nitriles is 1. The van der Waals surface area contributed by atoms with Crippen molar-refractivity contribution < 1.29 is 8.78 Å². The van der Waals surface area contributed by atoms with Crippen molar-refractivity contribution in [1.82, 2.24) is 4.90 Å². The molecule has 0 saturated heterocycles. The van der Waals surface area contributed by atoms with Gasteiger partial charge in [0.15, 0.2) is 0 Å². The summed E-state index contributed by atoms with van der Waals surface area (Å²) >= 11 is 0. The van der Waals surface area contributed by atoms with Gasteiger partial charge < -0.3 is 0 Å². The van der Waals surface area contributed by atoms with Crippen LogP contribution in [0.25, 0.3) is 6.08 Å². The van der Waals surface area contributed by atoms with Crippen molar-refractivity contribution in [2.24, 2.45) is 0 Å². The number of halogens is 2. The molecule has 0 aliphatic heterocycles. The molecule has 0 amide bonds. The molecule has 23 heavy (non-hydrogen) atoms. The van der Waals surface area contributed by atoms with Crippen molar-refractivity contribution >= 4 is 6.08 Å². The SMILES string of the molecule is N#CCCN(C/C=C/c1cc(F)cc(F)c1)Cc1ccccc1. The van der Waals surface area contributed by atoms with Crippen molar-refractivity contribution in [3.05, 3.63) is 77.4 Å². The van der Waals surface area contributed by atoms with Gasteiger partial charge >= 0.3 is 0 Å². The fourth-order valence-corrected chi connectivity index (χ4v) is 2.29. The zero-order chi connectivity index (χ0) is 16.5. The zero-order valence-electron chi connectivity index (χ0n) is 12.8. The number of hydrogen-bond acceptors (Lipinski definition) is 2. The van der Waals surface area contributed by atoms with E-state index >= 15 is 0 Å². The Morgan fingerprint density at radius 3 is 2.39 bits per heavy atom. The van der Waals surface area contributed by atoms with Gasteiger partial charge in [-0.05, 0) is 23.3 Å². The molecule has 2 aromatic carbocycles. The fourth-order valence-electron chi connectivity index (χ4n) is 2.29. The summed E-state index contributed by atoms with van der Waals surface area (Å²) < 4.78 is 26.3. The zero-order valence-corrected chi connectivity index (χ0v) is 12.8. The first-order chi connectivity index (χ1) is 11.2. The molecule has 0 radical (unpaired) electrons. The van der Waals surface area contributed by atoms with Gasteiger partial charge in [-0.2, -0.15) is 5.26 Å². The molecule has 0 aromatic heterocycles. The van der Waals surface area contributed by atoms with Crippen LogP contribution in [0.1, 0.15) is 17.5 Å². The Morgan fingerprint density at radius 2 is 1.74 bits per heavy atom. The second-order valence-corrected chi connectivity index (χ2v) is 5.23. The van der Waals surface area contributed by atoms with Crippen LogP contribution in [0.3, 0.4) is 0 Å². The second kappa shape index (κ2) is 8.82. The monoisotopic (exact) mass is 312 g/mol. The van der Waals surface area contributed by atoms with Crippen molar-refractivity contribution in [2.75, 3.05) is 13.1 Å². The van der Waals surface area contributed by atoms with Crippen LogP contribution >= 0.6 is 0 Å². The summed E-state index contributed by atoms with van der Waals surface area (Å²) in [4.78, 5) is 2.12. The lowest BCUT2D eigenvalue weighted by molar-refractivity contribution is 0.302. The molecule has 118 valence electrons. The Bertz CT molecular complexity index is 670. The highest BCUT2D eigenvalue weighted by Gasteiger charge is 2.04. The smallest absolute Gasteiger partial charge is 0.126 e. The highest BCUT2D eigenvalue weighted by Crippen LogP contribution is 2.10. The fraction of sp³-hybridized carbons (Fsp3) is 0.211. The van der Waals surface area contributed by atoms with E-state index in [1.54, 1.807) is 6.08 Å². The molecule has 4 heteroatoms. The lowest BCUT2D eigenvalue weighted by Gasteiger charge is -2.19. The van der Waals surface area contributed by atoms with E-state index in [0.717, 1.165) is 18.2 Å². The third kappa shape index (κ3) is 6.01. The molecule has 0 fully saturated rings. The minimum Gasteiger partial charge on any atom is -0.294 e. The third-order valence-corrected chi connectivity index (χ3v) is 3.35. The van der Waals surface area contributed by atoms with Crippen molar-refractivity contribution in [1.29, 1.82) is 5.26 Å². The molecule has 0 aliphatic rings. The van der Waals surface area contributed by atoms with Gasteiger partial charge in [0, 0.05) is 32.1 Å². The van der Waals surface area contributed by atoms with Crippen LogP contribution in [0.2, 0.25) is 0 Å². The van der Waals surface area contributed by atoms with Crippen LogP contribution in [-0.2, 0) is 6.54 Å². The first kappa shape index (κ1) is 16.9. The number of rotatable bonds is 7. The van der Waals surface area contributed by atoms with Gasteiger partial charge in [0.1, 0.15) is 11.6 Å². The van der Waals surface area contributed by atoms with Gasteiger partial charge in [-0.3, -0.25) is 4.90 Å². The van der Waals surface area contributed by atoms with Crippen molar-refractivity contribution in [3.63, 3.8) is 0 Å². The van der Waals surface area contributed by atoms with E-state index < -0.39 is 11.6 Å². The number of benzene rings is 2. The molecular weight excluding hydrogens is 294 g/mol. The standard InChI is InChI=1S/C19H18F2N2/c20-18-12-17(13-19(21)14-18)8-4-10-23(11-5-9-22)15-16-6-2-1-3-7-16/h1-4,6-8,12-14H,5,10-11,15H2/b8-4+. The second-order valence-electron chi connectivity index (χ2n) is 5.23. The maximum Gasteiger partial charge on any atom is 0.126 e. The first-order valence-corrected chi connectivity index (χ1v) is 7.43. The van der Waals surface area contributed by atoms with E-state index in [9.17, 15) is 8.78 Å². The van der Waals surface area contributed by atoms with Crippen LogP contribution in [0.4, 0.5) is 8.78 Å². The Hall–Kier alpha value is -2.51. The molecule has 0 saturated carbocycles. The lowest BCUT2D eigenvalue weighted by Crippen LogP contribution is -2.24. The van der Waals surface area contributed by atoms with Gasteiger partial charge in [0.2, 0.25) is 0 Å². The van der Waals surface area contributed by atoms with Crippen LogP contribution in [0.5, 0.6) is 0 Å². The van der Waals surface area contributed by atoms with Gasteiger partial charge in [-0.1, -0.05) is 42.5 Å². The molecule has 0 bridgehead atoms. The van der Waals surface area contributed by atoms with E-state index in [1.165, 1.54) is 12.1 Å². The maximum absolute atomic E-state index is 13.1. The van der Waals surface area contributed by atoms with Gasteiger partial charge in [0.25, 0.3) is 0 Å². The molecule has 0 unspecified atom stereocenters. The van der Waals surface area contributed by atoms with Gasteiger partial charge in [-0.25, -0.2) is 8.78 Å². The average Bonchev–Trinajstić information content (AvgIpc) is 2.52. The first-order valence-electron chi connectivity index (χ1n) is 7.43. The number of hydrogen-bond donors (Lipinski definition) is 0. The van der Waals surface area contributed by atoms with Crippen LogP contribution in [-0.4, -0.2) is 18.0 Å². The average molecular weight is 312 g/mol. The minimum atomic E-state index is -0.588. The Labute approximate surface area is 135 Å². The molecule has 0 atom stereocenters. The van der Waals surface area contributed by atoms with E-state index in [2.05, 4.69) is 11.0 Å². The largest absolute Gasteiger partial charge is 0.294 e. The minimum absolute atomic E-state index is 0.440. The molecule has 0 N–H and O–H groups in total.